The summed E-state index contributed by atoms with van der Waals surface area (Å²) >= 11 is 6.10. The van der Waals surface area contributed by atoms with Gasteiger partial charge in [0.2, 0.25) is 0 Å². The number of halogens is 2. The van der Waals surface area contributed by atoms with E-state index in [4.69, 9.17) is 16.0 Å². The number of furan rings is 1. The zero-order valence-electron chi connectivity index (χ0n) is 16.1. The Bertz CT molecular complexity index is 1080. The third-order valence-electron chi connectivity index (χ3n) is 4.99. The first-order chi connectivity index (χ1) is 14.5. The molecule has 2 heterocycles. The van der Waals surface area contributed by atoms with Gasteiger partial charge in [-0.25, -0.2) is 4.39 Å². The van der Waals surface area contributed by atoms with Crippen LogP contribution in [0.4, 0.5) is 10.1 Å². The van der Waals surface area contributed by atoms with Crippen LogP contribution in [0.15, 0.2) is 70.0 Å². The van der Waals surface area contributed by atoms with E-state index in [0.717, 1.165) is 0 Å². The van der Waals surface area contributed by atoms with Crippen LogP contribution < -0.4 is 4.90 Å². The maximum absolute atomic E-state index is 14.0. The van der Waals surface area contributed by atoms with Gasteiger partial charge >= 0.3 is 0 Å². The van der Waals surface area contributed by atoms with Gasteiger partial charge in [0, 0.05) is 26.2 Å². The summed E-state index contributed by atoms with van der Waals surface area (Å²) in [7, 11) is -1.37. The van der Waals surface area contributed by atoms with Gasteiger partial charge in [0.15, 0.2) is 5.76 Å². The van der Waals surface area contributed by atoms with E-state index in [-0.39, 0.29) is 23.2 Å². The number of piperazine rings is 1. The number of carbonyl (C=O) groups excluding carboxylic acids is 1. The number of benzene rings is 2. The Hall–Kier alpha value is -2.64. The van der Waals surface area contributed by atoms with Crippen molar-refractivity contribution in [2.75, 3.05) is 31.1 Å². The highest BCUT2D eigenvalue weighted by Crippen LogP contribution is 2.23. The van der Waals surface area contributed by atoms with Gasteiger partial charge in [0.25, 0.3) is 5.91 Å². The average Bonchev–Trinajstić information content (AvgIpc) is 3.22. The number of rotatable bonds is 5. The highest BCUT2D eigenvalue weighted by atomic mass is 35.5. The Kier molecular flexibility index (Phi) is 6.20. The van der Waals surface area contributed by atoms with Gasteiger partial charge in [-0.05, 0) is 36.4 Å². The molecule has 0 N–H and O–H groups in total. The molecule has 0 unspecified atom stereocenters. The van der Waals surface area contributed by atoms with Crippen LogP contribution in [0, 0.1) is 5.82 Å². The van der Waals surface area contributed by atoms with E-state index in [1.807, 2.05) is 4.90 Å². The second-order valence-electron chi connectivity index (χ2n) is 6.92. The lowest BCUT2D eigenvalue weighted by atomic mass is 10.2. The maximum Gasteiger partial charge on any atom is 0.289 e. The normalized spacial score (nSPS) is 15.3. The van der Waals surface area contributed by atoms with Crippen LogP contribution in [0.1, 0.15) is 16.3 Å². The number of carbonyl (C=O) groups is 1. The summed E-state index contributed by atoms with van der Waals surface area (Å²) in [6, 6.07) is 16.8. The summed E-state index contributed by atoms with van der Waals surface area (Å²) in [4.78, 5) is 16.9. The fourth-order valence-electron chi connectivity index (χ4n) is 3.42. The summed E-state index contributed by atoms with van der Waals surface area (Å²) in [5, 5.41) is 0.436. The largest absolute Gasteiger partial charge is 0.455 e. The van der Waals surface area contributed by atoms with Crippen LogP contribution in [0.2, 0.25) is 5.02 Å². The number of para-hydroxylation sites is 1. The van der Waals surface area contributed by atoms with Crippen LogP contribution in [0.25, 0.3) is 0 Å². The average molecular weight is 447 g/mol. The van der Waals surface area contributed by atoms with Crippen molar-refractivity contribution in [3.8, 4) is 0 Å². The Morgan fingerprint density at radius 3 is 2.43 bits per heavy atom. The number of hydrogen-bond donors (Lipinski definition) is 0. The molecule has 1 aromatic heterocycles. The predicted octanol–water partition coefficient (Wildman–Crippen LogP) is 4.34. The highest BCUT2D eigenvalue weighted by Gasteiger charge is 2.25. The fraction of sp³-hybridized carbons (Fsp3) is 0.227. The lowest BCUT2D eigenvalue weighted by Gasteiger charge is -2.35. The Morgan fingerprint density at radius 2 is 1.70 bits per heavy atom. The molecule has 1 amide bonds. The second kappa shape index (κ2) is 9.02. The van der Waals surface area contributed by atoms with Crippen molar-refractivity contribution in [1.82, 2.24) is 4.90 Å². The molecule has 0 bridgehead atoms. The lowest BCUT2D eigenvalue weighted by molar-refractivity contribution is 0.0713. The van der Waals surface area contributed by atoms with E-state index in [2.05, 4.69) is 0 Å². The first-order valence-electron chi connectivity index (χ1n) is 9.53. The van der Waals surface area contributed by atoms with Gasteiger partial charge in [0.05, 0.1) is 32.2 Å². The summed E-state index contributed by atoms with van der Waals surface area (Å²) in [5.74, 6) is 0.317. The quantitative estimate of drug-likeness (QED) is 0.585. The van der Waals surface area contributed by atoms with Crippen LogP contribution in [-0.2, 0) is 16.6 Å². The predicted molar refractivity (Wildman–Crippen MR) is 115 cm³/mol. The molecule has 0 spiro atoms. The fourth-order valence-corrected chi connectivity index (χ4v) is 4.90. The van der Waals surface area contributed by atoms with Crippen molar-refractivity contribution in [2.45, 2.75) is 10.6 Å². The molecular formula is C22H20ClFN2O3S. The first-order valence-corrected chi connectivity index (χ1v) is 11.2. The summed E-state index contributed by atoms with van der Waals surface area (Å²) < 4.78 is 32.2. The number of nitrogens with zero attached hydrogens (tertiary/aromatic N) is 2. The second-order valence-corrected chi connectivity index (χ2v) is 8.74. The van der Waals surface area contributed by atoms with E-state index in [1.54, 1.807) is 59.5 Å². The smallest absolute Gasteiger partial charge is 0.289 e. The minimum atomic E-state index is -1.37. The molecule has 8 heteroatoms. The molecule has 1 aliphatic heterocycles. The summed E-state index contributed by atoms with van der Waals surface area (Å²) in [6.07, 6.45) is 0. The molecule has 5 nitrogen and oxygen atoms in total. The van der Waals surface area contributed by atoms with E-state index in [0.29, 0.717) is 47.5 Å². The van der Waals surface area contributed by atoms with Crippen molar-refractivity contribution in [1.29, 1.82) is 0 Å². The van der Waals surface area contributed by atoms with E-state index in [1.165, 1.54) is 6.07 Å². The van der Waals surface area contributed by atoms with Gasteiger partial charge < -0.3 is 14.2 Å². The first kappa shape index (κ1) is 20.6. The minimum absolute atomic E-state index is 0.137. The summed E-state index contributed by atoms with van der Waals surface area (Å²) in [5.41, 5.74) is 0.548. The zero-order valence-corrected chi connectivity index (χ0v) is 17.7. The van der Waals surface area contributed by atoms with Crippen molar-refractivity contribution in [3.63, 3.8) is 0 Å². The van der Waals surface area contributed by atoms with Crippen molar-refractivity contribution < 1.29 is 17.8 Å². The molecule has 0 aliphatic carbocycles. The van der Waals surface area contributed by atoms with Crippen LogP contribution in [0.3, 0.4) is 0 Å². The third-order valence-corrected chi connectivity index (χ3v) is 6.82. The van der Waals surface area contributed by atoms with Gasteiger partial charge in [-0.3, -0.25) is 9.00 Å². The Morgan fingerprint density at radius 1 is 1.00 bits per heavy atom. The molecule has 30 heavy (non-hydrogen) atoms. The monoisotopic (exact) mass is 446 g/mol. The molecule has 1 atom stereocenters. The summed E-state index contributed by atoms with van der Waals surface area (Å²) in [6.45, 7) is 2.01. The molecular weight excluding hydrogens is 427 g/mol. The van der Waals surface area contributed by atoms with E-state index in [9.17, 15) is 13.4 Å². The third kappa shape index (κ3) is 4.42. The maximum atomic E-state index is 14.0. The molecule has 2 aromatic carbocycles. The Balaban J connectivity index is 1.37. The molecule has 3 aromatic rings. The molecule has 1 saturated heterocycles. The van der Waals surface area contributed by atoms with Crippen LogP contribution in [0.5, 0.6) is 0 Å². The van der Waals surface area contributed by atoms with Gasteiger partial charge in [-0.2, -0.15) is 0 Å². The lowest BCUT2D eigenvalue weighted by Crippen LogP contribution is -2.49. The number of amides is 1. The SMILES string of the molecule is O=C(c1ccc(C[S@](=O)c2ccccc2Cl)o1)N1CCN(c2ccccc2F)CC1. The van der Waals surface area contributed by atoms with Gasteiger partial charge in [0.1, 0.15) is 11.6 Å². The zero-order chi connectivity index (χ0) is 21.1. The van der Waals surface area contributed by atoms with Gasteiger partial charge in [-0.15, -0.1) is 0 Å². The van der Waals surface area contributed by atoms with Crippen LogP contribution in [-0.4, -0.2) is 41.2 Å². The van der Waals surface area contributed by atoms with Crippen molar-refractivity contribution >= 4 is 34.0 Å². The van der Waals surface area contributed by atoms with Crippen molar-refractivity contribution in [2.24, 2.45) is 0 Å². The van der Waals surface area contributed by atoms with E-state index >= 15 is 0 Å². The molecule has 0 radical (unpaired) electrons. The number of hydrogen-bond acceptors (Lipinski definition) is 4. The van der Waals surface area contributed by atoms with E-state index < -0.39 is 10.8 Å². The molecule has 1 aliphatic rings. The topological polar surface area (TPSA) is 53.8 Å². The Labute approximate surface area is 181 Å². The minimum Gasteiger partial charge on any atom is -0.455 e. The van der Waals surface area contributed by atoms with Crippen molar-refractivity contribution in [3.05, 3.63) is 83.0 Å². The molecule has 1 fully saturated rings. The highest BCUT2D eigenvalue weighted by molar-refractivity contribution is 7.84. The standard InChI is InChI=1S/C22H20ClFN2O3S/c23-17-5-1-4-8-21(17)30(28)15-16-9-10-20(29-16)22(27)26-13-11-25(12-14-26)19-7-3-2-6-18(19)24/h1-10H,11-15H2/t30-/m0/s1. The molecule has 156 valence electrons. The number of anilines is 1. The molecule has 4 rings (SSSR count). The van der Waals surface area contributed by atoms with Crippen LogP contribution >= 0.6 is 11.6 Å². The molecule has 0 saturated carbocycles. The van der Waals surface area contributed by atoms with Gasteiger partial charge in [-0.1, -0.05) is 35.9 Å².